The molecule has 2 aromatic rings. The van der Waals surface area contributed by atoms with E-state index in [0.717, 1.165) is 5.69 Å². The zero-order valence-corrected chi connectivity index (χ0v) is 8.79. The van der Waals surface area contributed by atoms with Gasteiger partial charge in [-0.3, -0.25) is 4.98 Å². The molecule has 3 heteroatoms. The second-order valence-electron chi connectivity index (χ2n) is 3.29. The number of hydrogen-bond donors (Lipinski definition) is 1. The fraction of sp³-hybridized carbons (Fsp3) is 0.182. The van der Waals surface area contributed by atoms with E-state index in [1.807, 2.05) is 23.8 Å². The normalized spacial score (nSPS) is 12.6. The number of benzene rings is 1. The van der Waals surface area contributed by atoms with E-state index in [-0.39, 0.29) is 0 Å². The fourth-order valence-electron chi connectivity index (χ4n) is 1.39. The average Bonchev–Trinajstić information content (AvgIpc) is 2.71. The first-order valence-corrected chi connectivity index (χ1v) is 5.39. The molecule has 0 spiro atoms. The number of anilines is 1. The first-order valence-electron chi connectivity index (χ1n) is 4.51. The van der Waals surface area contributed by atoms with Crippen LogP contribution in [-0.2, 0) is 0 Å². The summed E-state index contributed by atoms with van der Waals surface area (Å²) in [5, 5.41) is 0. The van der Waals surface area contributed by atoms with Gasteiger partial charge in [0.25, 0.3) is 0 Å². The maximum absolute atomic E-state index is 5.64. The number of hydrogen-bond acceptors (Lipinski definition) is 3. The average molecular weight is 204 g/mol. The van der Waals surface area contributed by atoms with Crippen LogP contribution in [0.25, 0.3) is 0 Å². The Morgan fingerprint density at radius 3 is 2.57 bits per heavy atom. The molecule has 0 saturated heterocycles. The van der Waals surface area contributed by atoms with Crippen molar-refractivity contribution < 1.29 is 0 Å². The van der Waals surface area contributed by atoms with Crippen molar-refractivity contribution in [2.45, 2.75) is 12.8 Å². The molecule has 14 heavy (non-hydrogen) atoms. The van der Waals surface area contributed by atoms with Crippen LogP contribution in [0.5, 0.6) is 0 Å². The molecule has 0 bridgehead atoms. The molecule has 1 aromatic heterocycles. The minimum Gasteiger partial charge on any atom is -0.399 e. The summed E-state index contributed by atoms with van der Waals surface area (Å²) < 4.78 is 0. The Morgan fingerprint density at radius 1 is 1.29 bits per heavy atom. The quantitative estimate of drug-likeness (QED) is 0.764. The zero-order valence-electron chi connectivity index (χ0n) is 7.97. The molecule has 1 aromatic carbocycles. The Morgan fingerprint density at radius 2 is 2.00 bits per heavy atom. The summed E-state index contributed by atoms with van der Waals surface area (Å²) in [6, 6.07) is 8.01. The minimum atomic E-state index is 0.406. The number of rotatable bonds is 2. The third-order valence-electron chi connectivity index (χ3n) is 2.31. The molecule has 1 heterocycles. The largest absolute Gasteiger partial charge is 0.399 e. The first kappa shape index (κ1) is 9.21. The van der Waals surface area contributed by atoms with Gasteiger partial charge in [0, 0.05) is 22.7 Å². The van der Waals surface area contributed by atoms with Crippen LogP contribution in [0.2, 0.25) is 0 Å². The van der Waals surface area contributed by atoms with Crippen LogP contribution in [0.4, 0.5) is 5.69 Å². The topological polar surface area (TPSA) is 38.9 Å². The predicted molar refractivity (Wildman–Crippen MR) is 60.5 cm³/mol. The van der Waals surface area contributed by atoms with Gasteiger partial charge in [0.05, 0.1) is 5.51 Å². The van der Waals surface area contributed by atoms with Gasteiger partial charge >= 0.3 is 0 Å². The van der Waals surface area contributed by atoms with Crippen LogP contribution < -0.4 is 5.73 Å². The van der Waals surface area contributed by atoms with Crippen LogP contribution in [0, 0.1) is 0 Å². The van der Waals surface area contributed by atoms with Crippen LogP contribution >= 0.6 is 11.3 Å². The maximum atomic E-state index is 5.64. The molecule has 1 atom stereocenters. The molecule has 2 rings (SSSR count). The predicted octanol–water partition coefficient (Wildman–Crippen LogP) is 2.88. The Hall–Kier alpha value is -1.35. The van der Waals surface area contributed by atoms with E-state index in [1.165, 1.54) is 10.4 Å². The molecule has 0 aliphatic carbocycles. The number of nitrogen functional groups attached to an aromatic ring is 1. The Labute approximate surface area is 87.4 Å². The van der Waals surface area contributed by atoms with Gasteiger partial charge in [0.2, 0.25) is 0 Å². The van der Waals surface area contributed by atoms with Crippen LogP contribution in [0.15, 0.2) is 36.0 Å². The van der Waals surface area contributed by atoms with E-state index in [1.54, 1.807) is 11.3 Å². The lowest BCUT2D eigenvalue weighted by molar-refractivity contribution is 0.943. The molecule has 0 aliphatic heterocycles. The highest BCUT2D eigenvalue weighted by atomic mass is 32.1. The fourth-order valence-corrected chi connectivity index (χ4v) is 2.09. The molecule has 0 amide bonds. The van der Waals surface area contributed by atoms with E-state index in [2.05, 4.69) is 24.0 Å². The number of aromatic nitrogens is 1. The number of nitrogens with zero attached hydrogens (tertiary/aromatic N) is 1. The summed E-state index contributed by atoms with van der Waals surface area (Å²) in [7, 11) is 0. The lowest BCUT2D eigenvalue weighted by Gasteiger charge is -2.08. The van der Waals surface area contributed by atoms with Crippen molar-refractivity contribution in [3.8, 4) is 0 Å². The zero-order chi connectivity index (χ0) is 9.97. The van der Waals surface area contributed by atoms with Crippen LogP contribution in [0.1, 0.15) is 23.3 Å². The van der Waals surface area contributed by atoms with Crippen molar-refractivity contribution in [1.82, 2.24) is 4.98 Å². The lowest BCUT2D eigenvalue weighted by Crippen LogP contribution is -1.93. The van der Waals surface area contributed by atoms with E-state index in [4.69, 9.17) is 5.73 Å². The van der Waals surface area contributed by atoms with Gasteiger partial charge in [-0.25, -0.2) is 0 Å². The summed E-state index contributed by atoms with van der Waals surface area (Å²) in [5.41, 5.74) is 9.59. The summed E-state index contributed by atoms with van der Waals surface area (Å²) in [6.07, 6.45) is 1.92. The monoisotopic (exact) mass is 204 g/mol. The van der Waals surface area contributed by atoms with Crippen LogP contribution in [0.3, 0.4) is 0 Å². The van der Waals surface area contributed by atoms with Gasteiger partial charge in [-0.05, 0) is 17.7 Å². The van der Waals surface area contributed by atoms with Crippen molar-refractivity contribution >= 4 is 17.0 Å². The molecular formula is C11H12N2S. The molecule has 0 unspecified atom stereocenters. The van der Waals surface area contributed by atoms with Gasteiger partial charge in [0.15, 0.2) is 0 Å². The standard InChI is InChI=1S/C11H12N2S/c1-8(11-6-13-7-14-11)9-2-4-10(12)5-3-9/h2-8H,12H2,1H3/t8-/m0/s1. The van der Waals surface area contributed by atoms with E-state index < -0.39 is 0 Å². The van der Waals surface area contributed by atoms with Gasteiger partial charge < -0.3 is 5.73 Å². The second-order valence-corrected chi connectivity index (χ2v) is 4.21. The van der Waals surface area contributed by atoms with Crippen molar-refractivity contribution in [3.63, 3.8) is 0 Å². The van der Waals surface area contributed by atoms with E-state index >= 15 is 0 Å². The molecule has 72 valence electrons. The Balaban J connectivity index is 2.28. The smallest absolute Gasteiger partial charge is 0.0794 e. The molecule has 2 nitrogen and oxygen atoms in total. The maximum Gasteiger partial charge on any atom is 0.0794 e. The Kier molecular flexibility index (Phi) is 2.50. The third-order valence-corrected chi connectivity index (χ3v) is 3.27. The summed E-state index contributed by atoms with van der Waals surface area (Å²) in [5.74, 6) is 0.406. The summed E-state index contributed by atoms with van der Waals surface area (Å²) in [4.78, 5) is 5.37. The third kappa shape index (κ3) is 1.77. The van der Waals surface area contributed by atoms with Crippen molar-refractivity contribution in [1.29, 1.82) is 0 Å². The lowest BCUT2D eigenvalue weighted by atomic mass is 10.00. The van der Waals surface area contributed by atoms with Crippen molar-refractivity contribution in [3.05, 3.63) is 46.4 Å². The first-order chi connectivity index (χ1) is 6.77. The number of thiazole rings is 1. The minimum absolute atomic E-state index is 0.406. The highest BCUT2D eigenvalue weighted by molar-refractivity contribution is 7.09. The van der Waals surface area contributed by atoms with Crippen molar-refractivity contribution in [2.75, 3.05) is 5.73 Å². The highest BCUT2D eigenvalue weighted by Crippen LogP contribution is 2.26. The number of nitrogens with two attached hydrogens (primary N) is 1. The van der Waals surface area contributed by atoms with Crippen molar-refractivity contribution in [2.24, 2.45) is 0 Å². The van der Waals surface area contributed by atoms with Gasteiger partial charge in [-0.15, -0.1) is 11.3 Å². The Bertz CT molecular complexity index is 392. The highest BCUT2D eigenvalue weighted by Gasteiger charge is 2.08. The molecule has 0 aliphatic rings. The molecule has 2 N–H and O–H groups in total. The van der Waals surface area contributed by atoms with Gasteiger partial charge in [0.1, 0.15) is 0 Å². The molecule has 0 radical (unpaired) electrons. The molecule has 0 fully saturated rings. The molecular weight excluding hydrogens is 192 g/mol. The van der Waals surface area contributed by atoms with E-state index in [9.17, 15) is 0 Å². The second kappa shape index (κ2) is 3.80. The van der Waals surface area contributed by atoms with E-state index in [0.29, 0.717) is 5.92 Å². The summed E-state index contributed by atoms with van der Waals surface area (Å²) >= 11 is 1.69. The van der Waals surface area contributed by atoms with Gasteiger partial charge in [-0.2, -0.15) is 0 Å². The van der Waals surface area contributed by atoms with Gasteiger partial charge in [-0.1, -0.05) is 19.1 Å². The molecule has 0 saturated carbocycles. The SMILES string of the molecule is C[C@@H](c1ccc(N)cc1)c1cncs1. The van der Waals surface area contributed by atoms with Crippen LogP contribution in [-0.4, -0.2) is 4.98 Å². The summed E-state index contributed by atoms with van der Waals surface area (Å²) in [6.45, 7) is 2.18.